The van der Waals surface area contributed by atoms with Crippen LogP contribution >= 0.6 is 0 Å². The van der Waals surface area contributed by atoms with Crippen LogP contribution in [0.3, 0.4) is 0 Å². The molecule has 1 fully saturated rings. The van der Waals surface area contributed by atoms with Gasteiger partial charge in [-0.15, -0.1) is 0 Å². The number of nitrogens with zero attached hydrogens (tertiary/aromatic N) is 1. The number of methoxy groups -OCH3 is 1. The SMILES string of the molecule is COc1ccc(N)c(N2CC(O)C2)c1. The van der Waals surface area contributed by atoms with Crippen molar-refractivity contribution >= 4 is 11.4 Å². The Balaban J connectivity index is 2.23. The van der Waals surface area contributed by atoms with Crippen molar-refractivity contribution in [2.75, 3.05) is 30.8 Å². The van der Waals surface area contributed by atoms with Gasteiger partial charge in [-0.3, -0.25) is 0 Å². The van der Waals surface area contributed by atoms with Crippen LogP contribution in [0.15, 0.2) is 18.2 Å². The van der Waals surface area contributed by atoms with Gasteiger partial charge in [-0.05, 0) is 12.1 Å². The molecule has 0 bridgehead atoms. The fourth-order valence-electron chi connectivity index (χ4n) is 1.58. The van der Waals surface area contributed by atoms with E-state index in [4.69, 9.17) is 10.5 Å². The summed E-state index contributed by atoms with van der Waals surface area (Å²) >= 11 is 0. The van der Waals surface area contributed by atoms with E-state index in [1.54, 1.807) is 7.11 Å². The van der Waals surface area contributed by atoms with Gasteiger partial charge in [0.1, 0.15) is 5.75 Å². The number of aliphatic hydroxyl groups excluding tert-OH is 1. The Labute approximate surface area is 82.9 Å². The van der Waals surface area contributed by atoms with Crippen LogP contribution < -0.4 is 15.4 Å². The van der Waals surface area contributed by atoms with E-state index in [1.807, 2.05) is 23.1 Å². The van der Waals surface area contributed by atoms with Crippen LogP contribution in [0.4, 0.5) is 11.4 Å². The molecule has 0 amide bonds. The minimum absolute atomic E-state index is 0.222. The highest BCUT2D eigenvalue weighted by Crippen LogP contribution is 2.30. The summed E-state index contributed by atoms with van der Waals surface area (Å²) in [6.07, 6.45) is -0.222. The second kappa shape index (κ2) is 3.38. The zero-order chi connectivity index (χ0) is 10.1. The molecule has 1 aliphatic rings. The van der Waals surface area contributed by atoms with Gasteiger partial charge in [0.2, 0.25) is 0 Å². The molecule has 76 valence electrons. The minimum Gasteiger partial charge on any atom is -0.497 e. The quantitative estimate of drug-likeness (QED) is 0.671. The van der Waals surface area contributed by atoms with Crippen molar-refractivity contribution < 1.29 is 9.84 Å². The predicted octanol–water partition coefficient (Wildman–Crippen LogP) is 0.458. The van der Waals surface area contributed by atoms with Gasteiger partial charge in [0.15, 0.2) is 0 Å². The highest BCUT2D eigenvalue weighted by atomic mass is 16.5. The van der Waals surface area contributed by atoms with Gasteiger partial charge in [0, 0.05) is 19.2 Å². The average molecular weight is 194 g/mol. The van der Waals surface area contributed by atoms with Gasteiger partial charge in [-0.2, -0.15) is 0 Å². The minimum atomic E-state index is -0.222. The first kappa shape index (κ1) is 9.15. The molecule has 1 heterocycles. The van der Waals surface area contributed by atoms with Crippen molar-refractivity contribution in [2.24, 2.45) is 0 Å². The molecule has 0 radical (unpaired) electrons. The Morgan fingerprint density at radius 1 is 1.50 bits per heavy atom. The van der Waals surface area contributed by atoms with E-state index in [0.717, 1.165) is 17.1 Å². The van der Waals surface area contributed by atoms with Crippen LogP contribution in [0.5, 0.6) is 5.75 Å². The standard InChI is InChI=1S/C10H14N2O2/c1-14-8-2-3-9(11)10(4-8)12-5-7(13)6-12/h2-4,7,13H,5-6,11H2,1H3. The van der Waals surface area contributed by atoms with Gasteiger partial charge < -0.3 is 20.5 Å². The summed E-state index contributed by atoms with van der Waals surface area (Å²) < 4.78 is 5.11. The van der Waals surface area contributed by atoms with Crippen molar-refractivity contribution in [1.82, 2.24) is 0 Å². The number of ether oxygens (including phenoxy) is 1. The summed E-state index contributed by atoms with van der Waals surface area (Å²) in [5.74, 6) is 0.788. The fourth-order valence-corrected chi connectivity index (χ4v) is 1.58. The lowest BCUT2D eigenvalue weighted by atomic mass is 10.1. The monoisotopic (exact) mass is 194 g/mol. The van der Waals surface area contributed by atoms with Crippen molar-refractivity contribution in [3.63, 3.8) is 0 Å². The van der Waals surface area contributed by atoms with Crippen molar-refractivity contribution in [1.29, 1.82) is 0 Å². The summed E-state index contributed by atoms with van der Waals surface area (Å²) in [6, 6.07) is 5.54. The first-order chi connectivity index (χ1) is 6.70. The molecule has 0 spiro atoms. The number of aliphatic hydroxyl groups is 1. The molecule has 0 aromatic heterocycles. The second-order valence-corrected chi connectivity index (χ2v) is 3.48. The van der Waals surface area contributed by atoms with Gasteiger partial charge in [-0.25, -0.2) is 0 Å². The van der Waals surface area contributed by atoms with E-state index in [9.17, 15) is 5.11 Å². The Bertz CT molecular complexity index is 335. The summed E-state index contributed by atoms with van der Waals surface area (Å²) in [7, 11) is 1.63. The number of anilines is 2. The van der Waals surface area contributed by atoms with Crippen LogP contribution in [0.25, 0.3) is 0 Å². The Kier molecular flexibility index (Phi) is 2.21. The molecular weight excluding hydrogens is 180 g/mol. The molecule has 4 nitrogen and oxygen atoms in total. The van der Waals surface area contributed by atoms with E-state index < -0.39 is 0 Å². The Morgan fingerprint density at radius 2 is 2.21 bits per heavy atom. The zero-order valence-electron chi connectivity index (χ0n) is 8.10. The lowest BCUT2D eigenvalue weighted by molar-refractivity contribution is 0.142. The lowest BCUT2D eigenvalue weighted by Crippen LogP contribution is -2.51. The summed E-state index contributed by atoms with van der Waals surface area (Å²) in [4.78, 5) is 2.03. The van der Waals surface area contributed by atoms with Gasteiger partial charge in [0.05, 0.1) is 24.6 Å². The average Bonchev–Trinajstić information content (AvgIpc) is 2.14. The van der Waals surface area contributed by atoms with Gasteiger partial charge in [0.25, 0.3) is 0 Å². The number of benzene rings is 1. The molecule has 14 heavy (non-hydrogen) atoms. The third-order valence-corrected chi connectivity index (χ3v) is 2.44. The molecule has 0 unspecified atom stereocenters. The number of rotatable bonds is 2. The largest absolute Gasteiger partial charge is 0.497 e. The fraction of sp³-hybridized carbons (Fsp3) is 0.400. The summed E-state index contributed by atoms with van der Waals surface area (Å²) in [6.45, 7) is 1.30. The smallest absolute Gasteiger partial charge is 0.121 e. The van der Waals surface area contributed by atoms with E-state index in [1.165, 1.54) is 0 Å². The highest BCUT2D eigenvalue weighted by molar-refractivity contribution is 5.70. The molecule has 1 aliphatic heterocycles. The molecule has 0 atom stereocenters. The third-order valence-electron chi connectivity index (χ3n) is 2.44. The van der Waals surface area contributed by atoms with Gasteiger partial charge in [-0.1, -0.05) is 0 Å². The van der Waals surface area contributed by atoms with Crippen molar-refractivity contribution in [3.8, 4) is 5.75 Å². The van der Waals surface area contributed by atoms with E-state index in [2.05, 4.69) is 0 Å². The molecular formula is C10H14N2O2. The number of nitrogens with two attached hydrogens (primary N) is 1. The third kappa shape index (κ3) is 1.48. The molecule has 1 saturated heterocycles. The van der Waals surface area contributed by atoms with Gasteiger partial charge >= 0.3 is 0 Å². The maximum atomic E-state index is 9.18. The molecule has 4 heteroatoms. The zero-order valence-corrected chi connectivity index (χ0v) is 8.10. The maximum absolute atomic E-state index is 9.18. The van der Waals surface area contributed by atoms with Crippen LogP contribution in [0.2, 0.25) is 0 Å². The summed E-state index contributed by atoms with van der Waals surface area (Å²) in [5, 5.41) is 9.18. The second-order valence-electron chi connectivity index (χ2n) is 3.48. The van der Waals surface area contributed by atoms with E-state index in [0.29, 0.717) is 13.1 Å². The maximum Gasteiger partial charge on any atom is 0.121 e. The number of β-amino-alcohol motifs (C(OH)–C–C–N with tert-alkyl or cyclic N) is 1. The number of hydrogen-bond donors (Lipinski definition) is 2. The topological polar surface area (TPSA) is 58.7 Å². The van der Waals surface area contributed by atoms with Crippen LogP contribution in [0.1, 0.15) is 0 Å². The molecule has 0 aliphatic carbocycles. The normalized spacial score (nSPS) is 16.6. The van der Waals surface area contributed by atoms with Crippen LogP contribution in [0, 0.1) is 0 Å². The van der Waals surface area contributed by atoms with Crippen LogP contribution in [-0.2, 0) is 0 Å². The number of nitrogen functional groups attached to an aromatic ring is 1. The number of hydrogen-bond acceptors (Lipinski definition) is 4. The molecule has 1 aromatic carbocycles. The molecule has 2 rings (SSSR count). The molecule has 3 N–H and O–H groups in total. The van der Waals surface area contributed by atoms with Crippen molar-refractivity contribution in [2.45, 2.75) is 6.10 Å². The Morgan fingerprint density at radius 3 is 2.79 bits per heavy atom. The highest BCUT2D eigenvalue weighted by Gasteiger charge is 2.26. The Hall–Kier alpha value is -1.42. The van der Waals surface area contributed by atoms with E-state index >= 15 is 0 Å². The van der Waals surface area contributed by atoms with Crippen LogP contribution in [-0.4, -0.2) is 31.4 Å². The van der Waals surface area contributed by atoms with E-state index in [-0.39, 0.29) is 6.10 Å². The predicted molar refractivity (Wildman–Crippen MR) is 55.6 cm³/mol. The lowest BCUT2D eigenvalue weighted by Gasteiger charge is -2.38. The van der Waals surface area contributed by atoms with Crippen molar-refractivity contribution in [3.05, 3.63) is 18.2 Å². The first-order valence-corrected chi connectivity index (χ1v) is 4.57. The first-order valence-electron chi connectivity index (χ1n) is 4.57. The molecule has 1 aromatic rings. The molecule has 0 saturated carbocycles. The summed E-state index contributed by atoms with van der Waals surface area (Å²) in [5.41, 5.74) is 7.48.